The normalized spacial score (nSPS) is 13.9. The van der Waals surface area contributed by atoms with Gasteiger partial charge in [-0.2, -0.15) is 0 Å². The minimum Gasteiger partial charge on any atom is -0.348 e. The molecule has 1 amide bonds. The molecule has 1 fully saturated rings. The van der Waals surface area contributed by atoms with Gasteiger partial charge in [0.1, 0.15) is 17.3 Å². The smallest absolute Gasteiger partial charge is 0.259 e. The molecule has 1 saturated heterocycles. The van der Waals surface area contributed by atoms with Crippen LogP contribution in [-0.4, -0.2) is 52.1 Å². The van der Waals surface area contributed by atoms with E-state index in [1.807, 2.05) is 13.8 Å². The molecule has 0 aliphatic carbocycles. The molecule has 1 aliphatic heterocycles. The maximum absolute atomic E-state index is 14.8. The molecule has 0 atom stereocenters. The molecule has 0 saturated carbocycles. The lowest BCUT2D eigenvalue weighted by Crippen LogP contribution is -2.36. The first kappa shape index (κ1) is 22.8. The number of aromatic nitrogens is 2. The fraction of sp³-hybridized carbons (Fsp3) is 0.348. The fourth-order valence-electron chi connectivity index (χ4n) is 3.75. The number of hydrogen-bond donors (Lipinski definition) is 3. The SMILES string of the molecule is CC(C)N(C=N)C(=N)c1cccc(NC(=O)c2cc3sc(N4CCCCC4)nc3cc2F)n1. The highest BCUT2D eigenvalue weighted by atomic mass is 32.1. The molecule has 8 nitrogen and oxygen atoms in total. The Morgan fingerprint density at radius 3 is 2.70 bits per heavy atom. The minimum atomic E-state index is -0.644. The first-order valence-corrected chi connectivity index (χ1v) is 11.7. The molecule has 0 bridgehead atoms. The number of amides is 1. The zero-order chi connectivity index (χ0) is 23.5. The summed E-state index contributed by atoms with van der Waals surface area (Å²) in [5.74, 6) is -1.02. The van der Waals surface area contributed by atoms with E-state index in [-0.39, 0.29) is 23.3 Å². The van der Waals surface area contributed by atoms with Crippen molar-refractivity contribution in [1.29, 1.82) is 10.8 Å². The summed E-state index contributed by atoms with van der Waals surface area (Å²) in [6.07, 6.45) is 4.52. The van der Waals surface area contributed by atoms with Crippen LogP contribution in [0.1, 0.15) is 49.2 Å². The lowest BCUT2D eigenvalue weighted by Gasteiger charge is -2.25. The maximum Gasteiger partial charge on any atom is 0.259 e. The van der Waals surface area contributed by atoms with Crippen molar-refractivity contribution >= 4 is 50.6 Å². The topological polar surface area (TPSA) is 109 Å². The van der Waals surface area contributed by atoms with Crippen molar-refractivity contribution in [2.24, 2.45) is 0 Å². The summed E-state index contributed by atoms with van der Waals surface area (Å²) in [5, 5.41) is 19.3. The number of pyridine rings is 1. The van der Waals surface area contributed by atoms with Crippen LogP contribution in [0.15, 0.2) is 30.3 Å². The van der Waals surface area contributed by atoms with Gasteiger partial charge in [0.05, 0.1) is 22.1 Å². The first-order valence-electron chi connectivity index (χ1n) is 10.9. The second-order valence-electron chi connectivity index (χ2n) is 8.18. The van der Waals surface area contributed by atoms with Gasteiger partial charge in [-0.1, -0.05) is 17.4 Å². The highest BCUT2D eigenvalue weighted by Crippen LogP contribution is 2.32. The van der Waals surface area contributed by atoms with Gasteiger partial charge >= 0.3 is 0 Å². The lowest BCUT2D eigenvalue weighted by atomic mass is 10.1. The number of amidine groups is 1. The number of hydrogen-bond acceptors (Lipinski definition) is 7. The van der Waals surface area contributed by atoms with Crippen LogP contribution in [0.2, 0.25) is 0 Å². The number of nitrogens with one attached hydrogen (secondary N) is 3. The molecule has 3 heterocycles. The van der Waals surface area contributed by atoms with Gasteiger partial charge in [0.25, 0.3) is 5.91 Å². The van der Waals surface area contributed by atoms with E-state index in [1.54, 1.807) is 18.2 Å². The van der Waals surface area contributed by atoms with Gasteiger partial charge in [-0.25, -0.2) is 14.4 Å². The monoisotopic (exact) mass is 467 g/mol. The number of carbonyl (C=O) groups is 1. The number of piperidine rings is 1. The Bertz CT molecular complexity index is 1200. The number of rotatable bonds is 6. The van der Waals surface area contributed by atoms with E-state index in [9.17, 15) is 9.18 Å². The molecule has 0 unspecified atom stereocenters. The summed E-state index contributed by atoms with van der Waals surface area (Å²) in [6.45, 7) is 5.61. The maximum atomic E-state index is 14.8. The summed E-state index contributed by atoms with van der Waals surface area (Å²) in [6, 6.07) is 7.61. The molecular formula is C23H26FN7OS. The van der Waals surface area contributed by atoms with Gasteiger partial charge in [0.15, 0.2) is 11.0 Å². The standard InChI is InChI=1S/C23H26FN7OS/c1-14(2)31(13-25)21(26)17-7-6-8-20(27-17)29-22(32)15-11-19-18(12-16(15)24)28-23(33-19)30-9-4-3-5-10-30/h6-8,11-14,25-26H,3-5,9-10H2,1-2H3,(H,27,29,32). The van der Waals surface area contributed by atoms with Crippen molar-refractivity contribution in [3.05, 3.63) is 47.4 Å². The van der Waals surface area contributed by atoms with Gasteiger partial charge < -0.3 is 15.1 Å². The summed E-state index contributed by atoms with van der Waals surface area (Å²) >= 11 is 1.46. The summed E-state index contributed by atoms with van der Waals surface area (Å²) in [7, 11) is 0. The second kappa shape index (κ2) is 9.62. The zero-order valence-corrected chi connectivity index (χ0v) is 19.4. The Kier molecular flexibility index (Phi) is 6.64. The highest BCUT2D eigenvalue weighted by molar-refractivity contribution is 7.22. The van der Waals surface area contributed by atoms with E-state index >= 15 is 0 Å². The van der Waals surface area contributed by atoms with Crippen LogP contribution in [0.3, 0.4) is 0 Å². The van der Waals surface area contributed by atoms with Gasteiger partial charge in [-0.05, 0) is 51.3 Å². The van der Waals surface area contributed by atoms with Crippen molar-refractivity contribution < 1.29 is 9.18 Å². The number of thiazole rings is 1. The van der Waals surface area contributed by atoms with Crippen LogP contribution in [-0.2, 0) is 0 Å². The quantitative estimate of drug-likeness (QED) is 0.359. The Hall–Kier alpha value is -3.40. The third kappa shape index (κ3) is 4.85. The number of carbonyl (C=O) groups excluding carboxylic acids is 1. The number of anilines is 2. The number of benzene rings is 1. The Morgan fingerprint density at radius 1 is 1.24 bits per heavy atom. The van der Waals surface area contributed by atoms with Gasteiger partial charge in [0, 0.05) is 25.2 Å². The predicted molar refractivity (Wildman–Crippen MR) is 130 cm³/mol. The highest BCUT2D eigenvalue weighted by Gasteiger charge is 2.20. The second-order valence-corrected chi connectivity index (χ2v) is 9.19. The van der Waals surface area contributed by atoms with E-state index in [0.717, 1.165) is 42.1 Å². The predicted octanol–water partition coefficient (Wildman–Crippen LogP) is 4.72. The molecule has 10 heteroatoms. The van der Waals surface area contributed by atoms with E-state index in [0.29, 0.717) is 11.2 Å². The van der Waals surface area contributed by atoms with Crippen molar-refractivity contribution in [3.8, 4) is 0 Å². The van der Waals surface area contributed by atoms with Crippen molar-refractivity contribution in [2.75, 3.05) is 23.3 Å². The van der Waals surface area contributed by atoms with Crippen LogP contribution >= 0.6 is 11.3 Å². The van der Waals surface area contributed by atoms with E-state index in [2.05, 4.69) is 20.2 Å². The summed E-state index contributed by atoms with van der Waals surface area (Å²) in [5.41, 5.74) is 0.764. The molecule has 1 aromatic carbocycles. The molecule has 172 valence electrons. The lowest BCUT2D eigenvalue weighted by molar-refractivity contribution is 0.102. The van der Waals surface area contributed by atoms with E-state index in [1.165, 1.54) is 34.8 Å². The van der Waals surface area contributed by atoms with E-state index in [4.69, 9.17) is 10.8 Å². The van der Waals surface area contributed by atoms with Gasteiger partial charge in [-0.3, -0.25) is 15.6 Å². The largest absolute Gasteiger partial charge is 0.348 e. The molecule has 3 aromatic rings. The minimum absolute atomic E-state index is 0.0404. The fourth-order valence-corrected chi connectivity index (χ4v) is 4.79. The Morgan fingerprint density at radius 2 is 2.00 bits per heavy atom. The molecule has 3 N–H and O–H groups in total. The van der Waals surface area contributed by atoms with Crippen LogP contribution in [0.4, 0.5) is 15.3 Å². The number of nitrogens with zero attached hydrogens (tertiary/aromatic N) is 4. The third-order valence-electron chi connectivity index (χ3n) is 5.52. The average molecular weight is 468 g/mol. The van der Waals surface area contributed by atoms with Crippen LogP contribution in [0.5, 0.6) is 0 Å². The van der Waals surface area contributed by atoms with E-state index < -0.39 is 11.7 Å². The molecule has 0 spiro atoms. The van der Waals surface area contributed by atoms with Crippen molar-refractivity contribution in [2.45, 2.75) is 39.2 Å². The van der Waals surface area contributed by atoms with Crippen molar-refractivity contribution in [1.82, 2.24) is 14.9 Å². The Balaban J connectivity index is 1.56. The Labute approximate surface area is 195 Å². The summed E-state index contributed by atoms with van der Waals surface area (Å²) < 4.78 is 15.5. The first-order chi connectivity index (χ1) is 15.9. The third-order valence-corrected chi connectivity index (χ3v) is 6.60. The van der Waals surface area contributed by atoms with Gasteiger partial charge in [0.2, 0.25) is 0 Å². The molecule has 1 aliphatic rings. The molecule has 2 aromatic heterocycles. The van der Waals surface area contributed by atoms with Crippen LogP contribution in [0, 0.1) is 16.6 Å². The van der Waals surface area contributed by atoms with Gasteiger partial charge in [-0.15, -0.1) is 0 Å². The van der Waals surface area contributed by atoms with Crippen LogP contribution < -0.4 is 10.2 Å². The molecule has 4 rings (SSSR count). The molecule has 0 radical (unpaired) electrons. The molecular weight excluding hydrogens is 441 g/mol. The summed E-state index contributed by atoms with van der Waals surface area (Å²) in [4.78, 5) is 25.4. The van der Waals surface area contributed by atoms with Crippen LogP contribution in [0.25, 0.3) is 10.2 Å². The number of halogens is 1. The zero-order valence-electron chi connectivity index (χ0n) is 18.6. The molecule has 33 heavy (non-hydrogen) atoms. The van der Waals surface area contributed by atoms with Crippen molar-refractivity contribution in [3.63, 3.8) is 0 Å². The number of fused-ring (bicyclic) bond motifs is 1. The average Bonchev–Trinajstić information content (AvgIpc) is 3.22.